The molecule has 0 spiro atoms. The average molecular weight is 251 g/mol. The number of rotatable bonds is 2. The fourth-order valence-electron chi connectivity index (χ4n) is 2.12. The van der Waals surface area contributed by atoms with Crippen LogP contribution in [0.25, 0.3) is 0 Å². The number of hydrogen-bond donors (Lipinski definition) is 1. The standard InChI is InChI=1S/C12H17N3OS/c1-8-3-5-15(6-4-8)12-11(16-2)10(14)9(7-13)17-12/h8H,3-6,14H2,1-2H3. The van der Waals surface area contributed by atoms with E-state index in [0.29, 0.717) is 16.3 Å². The van der Waals surface area contributed by atoms with Crippen molar-refractivity contribution in [3.8, 4) is 11.8 Å². The summed E-state index contributed by atoms with van der Waals surface area (Å²) in [5.41, 5.74) is 6.38. The molecule has 1 aromatic heterocycles. The summed E-state index contributed by atoms with van der Waals surface area (Å²) in [5.74, 6) is 1.45. The smallest absolute Gasteiger partial charge is 0.177 e. The molecule has 0 amide bonds. The van der Waals surface area contributed by atoms with Crippen LogP contribution in [-0.4, -0.2) is 20.2 Å². The molecule has 1 fully saturated rings. The lowest BCUT2D eigenvalue weighted by Gasteiger charge is -2.31. The van der Waals surface area contributed by atoms with Gasteiger partial charge in [-0.05, 0) is 18.8 Å². The Morgan fingerprint density at radius 3 is 2.65 bits per heavy atom. The third kappa shape index (κ3) is 2.18. The van der Waals surface area contributed by atoms with Gasteiger partial charge in [0.1, 0.15) is 21.6 Å². The van der Waals surface area contributed by atoms with Gasteiger partial charge in [0.2, 0.25) is 0 Å². The molecular weight excluding hydrogens is 234 g/mol. The summed E-state index contributed by atoms with van der Waals surface area (Å²) >= 11 is 1.43. The van der Waals surface area contributed by atoms with Gasteiger partial charge in [0.25, 0.3) is 0 Å². The predicted octanol–water partition coefficient (Wildman–Crippen LogP) is 2.45. The molecule has 0 atom stereocenters. The minimum absolute atomic E-state index is 0.480. The van der Waals surface area contributed by atoms with Gasteiger partial charge < -0.3 is 15.4 Å². The summed E-state index contributed by atoms with van der Waals surface area (Å²) in [5, 5.41) is 10.0. The molecule has 92 valence electrons. The largest absolute Gasteiger partial charge is 0.492 e. The highest BCUT2D eigenvalue weighted by atomic mass is 32.1. The number of ether oxygens (including phenoxy) is 1. The van der Waals surface area contributed by atoms with Gasteiger partial charge in [-0.1, -0.05) is 6.92 Å². The Bertz CT molecular complexity index is 441. The van der Waals surface area contributed by atoms with E-state index in [-0.39, 0.29) is 0 Å². The number of nitriles is 1. The summed E-state index contributed by atoms with van der Waals surface area (Å²) in [6, 6.07) is 2.13. The first-order valence-electron chi connectivity index (χ1n) is 5.78. The fraction of sp³-hybridized carbons (Fsp3) is 0.583. The second-order valence-electron chi connectivity index (χ2n) is 4.46. The molecule has 5 heteroatoms. The van der Waals surface area contributed by atoms with E-state index in [4.69, 9.17) is 15.7 Å². The number of methoxy groups -OCH3 is 1. The maximum atomic E-state index is 9.00. The van der Waals surface area contributed by atoms with Crippen molar-refractivity contribution in [1.82, 2.24) is 0 Å². The molecule has 1 aromatic rings. The number of nitrogen functional groups attached to an aromatic ring is 1. The van der Waals surface area contributed by atoms with E-state index in [9.17, 15) is 0 Å². The van der Waals surface area contributed by atoms with Crippen LogP contribution in [0, 0.1) is 17.2 Å². The van der Waals surface area contributed by atoms with Crippen molar-refractivity contribution in [1.29, 1.82) is 5.26 Å². The van der Waals surface area contributed by atoms with Gasteiger partial charge in [0, 0.05) is 13.1 Å². The number of thiophene rings is 1. The maximum absolute atomic E-state index is 9.00. The van der Waals surface area contributed by atoms with E-state index in [1.165, 1.54) is 24.2 Å². The van der Waals surface area contributed by atoms with Gasteiger partial charge in [-0.3, -0.25) is 0 Å². The van der Waals surface area contributed by atoms with Crippen molar-refractivity contribution in [3.05, 3.63) is 4.88 Å². The monoisotopic (exact) mass is 251 g/mol. The first kappa shape index (κ1) is 12.1. The second-order valence-corrected chi connectivity index (χ2v) is 5.46. The summed E-state index contributed by atoms with van der Waals surface area (Å²) in [4.78, 5) is 2.83. The van der Waals surface area contributed by atoms with E-state index in [2.05, 4.69) is 17.9 Å². The molecule has 1 aliphatic rings. The number of anilines is 2. The van der Waals surface area contributed by atoms with Crippen molar-refractivity contribution in [2.75, 3.05) is 30.8 Å². The zero-order chi connectivity index (χ0) is 12.4. The predicted molar refractivity (Wildman–Crippen MR) is 70.6 cm³/mol. The van der Waals surface area contributed by atoms with Crippen molar-refractivity contribution in [3.63, 3.8) is 0 Å². The average Bonchev–Trinajstić information content (AvgIpc) is 2.66. The van der Waals surface area contributed by atoms with Crippen LogP contribution in [0.2, 0.25) is 0 Å². The number of nitrogens with two attached hydrogens (primary N) is 1. The zero-order valence-corrected chi connectivity index (χ0v) is 11.0. The highest BCUT2D eigenvalue weighted by molar-refractivity contribution is 7.17. The van der Waals surface area contributed by atoms with Crippen LogP contribution in [0.3, 0.4) is 0 Å². The summed E-state index contributed by atoms with van der Waals surface area (Å²) in [6.45, 7) is 4.31. The lowest BCUT2D eigenvalue weighted by atomic mass is 9.99. The Hall–Kier alpha value is -1.41. The zero-order valence-electron chi connectivity index (χ0n) is 10.2. The minimum Gasteiger partial charge on any atom is -0.492 e. The Morgan fingerprint density at radius 1 is 1.47 bits per heavy atom. The summed E-state index contributed by atoms with van der Waals surface area (Å²) < 4.78 is 5.33. The highest BCUT2D eigenvalue weighted by Gasteiger charge is 2.24. The first-order valence-corrected chi connectivity index (χ1v) is 6.60. The van der Waals surface area contributed by atoms with Gasteiger partial charge in [0.15, 0.2) is 5.75 Å². The Kier molecular flexibility index (Phi) is 3.43. The van der Waals surface area contributed by atoms with Crippen LogP contribution in [0.5, 0.6) is 5.75 Å². The van der Waals surface area contributed by atoms with E-state index in [1.54, 1.807) is 7.11 Å². The third-order valence-corrected chi connectivity index (χ3v) is 4.41. The number of nitrogens with zero attached hydrogens (tertiary/aromatic N) is 2. The van der Waals surface area contributed by atoms with Crippen LogP contribution in [0.4, 0.5) is 10.7 Å². The van der Waals surface area contributed by atoms with Gasteiger partial charge >= 0.3 is 0 Å². The Labute approximate surface area is 106 Å². The van der Waals surface area contributed by atoms with Gasteiger partial charge in [-0.25, -0.2) is 0 Å². The van der Waals surface area contributed by atoms with E-state index in [1.807, 2.05) is 0 Å². The number of hydrogen-bond acceptors (Lipinski definition) is 5. The van der Waals surface area contributed by atoms with Crippen LogP contribution < -0.4 is 15.4 Å². The quantitative estimate of drug-likeness (QED) is 0.877. The molecule has 2 rings (SSSR count). The molecule has 0 unspecified atom stereocenters. The van der Waals surface area contributed by atoms with E-state index < -0.39 is 0 Å². The normalized spacial score (nSPS) is 16.9. The summed E-state index contributed by atoms with van der Waals surface area (Å²) in [7, 11) is 1.61. The molecule has 2 heterocycles. The molecule has 1 aliphatic heterocycles. The van der Waals surface area contributed by atoms with Crippen LogP contribution >= 0.6 is 11.3 Å². The molecule has 0 aromatic carbocycles. The van der Waals surface area contributed by atoms with Gasteiger partial charge in [0.05, 0.1) is 7.11 Å². The first-order chi connectivity index (χ1) is 8.17. The molecule has 2 N–H and O–H groups in total. The molecule has 17 heavy (non-hydrogen) atoms. The van der Waals surface area contributed by atoms with Crippen molar-refractivity contribution in [2.24, 2.45) is 5.92 Å². The topological polar surface area (TPSA) is 62.3 Å². The molecule has 0 radical (unpaired) electrons. The second kappa shape index (κ2) is 4.84. The van der Waals surface area contributed by atoms with E-state index in [0.717, 1.165) is 24.0 Å². The lowest BCUT2D eigenvalue weighted by Crippen LogP contribution is -2.32. The van der Waals surface area contributed by atoms with Crippen LogP contribution in [0.15, 0.2) is 0 Å². The van der Waals surface area contributed by atoms with Crippen LogP contribution in [-0.2, 0) is 0 Å². The van der Waals surface area contributed by atoms with Crippen LogP contribution in [0.1, 0.15) is 24.6 Å². The van der Waals surface area contributed by atoms with Gasteiger partial charge in [-0.15, -0.1) is 11.3 Å². The summed E-state index contributed by atoms with van der Waals surface area (Å²) in [6.07, 6.45) is 2.37. The lowest BCUT2D eigenvalue weighted by molar-refractivity contribution is 0.408. The highest BCUT2D eigenvalue weighted by Crippen LogP contribution is 2.45. The van der Waals surface area contributed by atoms with Crippen molar-refractivity contribution >= 4 is 22.0 Å². The molecule has 0 bridgehead atoms. The van der Waals surface area contributed by atoms with Crippen molar-refractivity contribution < 1.29 is 4.74 Å². The molecular formula is C12H17N3OS. The molecule has 0 saturated carbocycles. The van der Waals surface area contributed by atoms with E-state index >= 15 is 0 Å². The SMILES string of the molecule is COc1c(N2CCC(C)CC2)sc(C#N)c1N. The fourth-order valence-corrected chi connectivity index (χ4v) is 3.16. The van der Waals surface area contributed by atoms with Crippen molar-refractivity contribution in [2.45, 2.75) is 19.8 Å². The minimum atomic E-state index is 0.480. The third-order valence-electron chi connectivity index (χ3n) is 3.26. The maximum Gasteiger partial charge on any atom is 0.177 e. The molecule has 0 aliphatic carbocycles. The molecule has 1 saturated heterocycles. The Morgan fingerprint density at radius 2 is 2.12 bits per heavy atom. The van der Waals surface area contributed by atoms with Gasteiger partial charge in [-0.2, -0.15) is 5.26 Å². The Balaban J connectivity index is 2.29. The molecule has 4 nitrogen and oxygen atoms in total. The number of piperidine rings is 1.